The summed E-state index contributed by atoms with van der Waals surface area (Å²) in [6.07, 6.45) is 4.34. The van der Waals surface area contributed by atoms with Gasteiger partial charge in [-0.25, -0.2) is 0 Å². The van der Waals surface area contributed by atoms with Crippen molar-refractivity contribution >= 4 is 0 Å². The fourth-order valence-corrected chi connectivity index (χ4v) is 2.18. The molecule has 1 aliphatic heterocycles. The molecule has 0 spiro atoms. The van der Waals surface area contributed by atoms with Crippen LogP contribution >= 0.6 is 0 Å². The summed E-state index contributed by atoms with van der Waals surface area (Å²) in [5.41, 5.74) is 7.18. The van der Waals surface area contributed by atoms with Gasteiger partial charge in [0, 0.05) is 12.1 Å². The second kappa shape index (κ2) is 5.29. The van der Waals surface area contributed by atoms with Gasteiger partial charge < -0.3 is 19.9 Å². The maximum absolute atomic E-state index is 6.06. The van der Waals surface area contributed by atoms with Crippen molar-refractivity contribution in [3.8, 4) is 17.2 Å². The summed E-state index contributed by atoms with van der Waals surface area (Å²) >= 11 is 0. The first-order valence-electron chi connectivity index (χ1n) is 7.07. The number of ether oxygens (including phenoxy) is 3. The molecular weight excluding hydrogens is 242 g/mol. The highest BCUT2D eigenvalue weighted by atomic mass is 16.7. The Morgan fingerprint density at radius 2 is 2.05 bits per heavy atom. The zero-order valence-corrected chi connectivity index (χ0v) is 11.4. The summed E-state index contributed by atoms with van der Waals surface area (Å²) in [6, 6.07) is 4.12. The highest BCUT2D eigenvalue weighted by Gasteiger charge is 2.24. The molecule has 0 bridgehead atoms. The van der Waals surface area contributed by atoms with Gasteiger partial charge in [-0.05, 0) is 43.2 Å². The molecule has 4 heteroatoms. The molecule has 1 atom stereocenters. The Morgan fingerprint density at radius 1 is 1.32 bits per heavy atom. The van der Waals surface area contributed by atoms with Gasteiger partial charge in [-0.3, -0.25) is 0 Å². The summed E-state index contributed by atoms with van der Waals surface area (Å²) in [4.78, 5) is 0. The number of hydrogen-bond acceptors (Lipinski definition) is 4. The van der Waals surface area contributed by atoms with E-state index >= 15 is 0 Å². The van der Waals surface area contributed by atoms with Crippen LogP contribution in [-0.2, 0) is 6.42 Å². The Kier molecular flexibility index (Phi) is 3.51. The van der Waals surface area contributed by atoms with E-state index in [1.165, 1.54) is 12.8 Å². The van der Waals surface area contributed by atoms with Gasteiger partial charge in [0.15, 0.2) is 11.5 Å². The van der Waals surface area contributed by atoms with Gasteiger partial charge in [-0.1, -0.05) is 6.92 Å². The highest BCUT2D eigenvalue weighted by molar-refractivity contribution is 5.52. The zero-order valence-electron chi connectivity index (χ0n) is 11.4. The molecular formula is C15H21NO3. The lowest BCUT2D eigenvalue weighted by Gasteiger charge is -2.15. The van der Waals surface area contributed by atoms with Gasteiger partial charge in [0.05, 0.1) is 6.61 Å². The molecule has 1 saturated carbocycles. The van der Waals surface area contributed by atoms with Crippen LogP contribution in [0.3, 0.4) is 0 Å². The number of hydrogen-bond donors (Lipinski definition) is 1. The first kappa shape index (κ1) is 12.6. The first-order valence-corrected chi connectivity index (χ1v) is 7.07. The summed E-state index contributed by atoms with van der Waals surface area (Å²) in [5.74, 6) is 3.22. The molecule has 1 aliphatic carbocycles. The van der Waals surface area contributed by atoms with Gasteiger partial charge in [0.25, 0.3) is 0 Å². The largest absolute Gasteiger partial charge is 0.493 e. The lowest BCUT2D eigenvalue weighted by Crippen LogP contribution is -2.21. The summed E-state index contributed by atoms with van der Waals surface area (Å²) < 4.78 is 16.8. The van der Waals surface area contributed by atoms with Gasteiger partial charge in [0.2, 0.25) is 6.79 Å². The van der Waals surface area contributed by atoms with Crippen LogP contribution in [0.4, 0.5) is 0 Å². The molecule has 1 aromatic rings. The smallest absolute Gasteiger partial charge is 0.231 e. The van der Waals surface area contributed by atoms with Crippen LogP contribution in [0.15, 0.2) is 12.1 Å². The van der Waals surface area contributed by atoms with E-state index in [-0.39, 0.29) is 6.04 Å². The lowest BCUT2D eigenvalue weighted by atomic mass is 10.0. The van der Waals surface area contributed by atoms with Crippen molar-refractivity contribution in [3.05, 3.63) is 17.7 Å². The molecule has 19 heavy (non-hydrogen) atoms. The highest BCUT2D eigenvalue weighted by Crippen LogP contribution is 2.39. The standard InChI is InChI=1S/C15H21NO3/c1-2-12(16)5-11-6-14-15(19-9-18-14)7-13(11)17-8-10-3-4-10/h6-7,10,12H,2-5,8-9,16H2,1H3. The van der Waals surface area contributed by atoms with Gasteiger partial charge in [-0.15, -0.1) is 0 Å². The van der Waals surface area contributed by atoms with E-state index in [4.69, 9.17) is 19.9 Å². The third kappa shape index (κ3) is 2.95. The molecule has 0 amide bonds. The molecule has 3 rings (SSSR count). The molecule has 2 aliphatic rings. The number of rotatable bonds is 6. The van der Waals surface area contributed by atoms with Gasteiger partial charge >= 0.3 is 0 Å². The summed E-state index contributed by atoms with van der Waals surface area (Å²) in [6.45, 7) is 3.19. The fraction of sp³-hybridized carbons (Fsp3) is 0.600. The second-order valence-corrected chi connectivity index (χ2v) is 5.44. The van der Waals surface area contributed by atoms with E-state index < -0.39 is 0 Å². The van der Waals surface area contributed by atoms with Crippen molar-refractivity contribution < 1.29 is 14.2 Å². The maximum Gasteiger partial charge on any atom is 0.231 e. The minimum absolute atomic E-state index is 0.156. The molecule has 104 valence electrons. The summed E-state index contributed by atoms with van der Waals surface area (Å²) in [7, 11) is 0. The Balaban J connectivity index is 1.80. The topological polar surface area (TPSA) is 53.7 Å². The second-order valence-electron chi connectivity index (χ2n) is 5.44. The zero-order chi connectivity index (χ0) is 13.2. The van der Waals surface area contributed by atoms with Crippen LogP contribution in [0.25, 0.3) is 0 Å². The van der Waals surface area contributed by atoms with Crippen molar-refractivity contribution in [2.24, 2.45) is 11.7 Å². The van der Waals surface area contributed by atoms with E-state index in [1.54, 1.807) is 0 Å². The van der Waals surface area contributed by atoms with Crippen LogP contribution in [-0.4, -0.2) is 19.4 Å². The Morgan fingerprint density at radius 3 is 2.74 bits per heavy atom. The molecule has 0 saturated heterocycles. The predicted octanol–water partition coefficient (Wildman–Crippen LogP) is 2.48. The number of nitrogens with two attached hydrogens (primary N) is 1. The monoisotopic (exact) mass is 263 g/mol. The Hall–Kier alpha value is -1.42. The lowest BCUT2D eigenvalue weighted by molar-refractivity contribution is 0.173. The van der Waals surface area contributed by atoms with E-state index in [0.717, 1.165) is 48.2 Å². The fourth-order valence-electron chi connectivity index (χ4n) is 2.18. The molecule has 1 fully saturated rings. The number of fused-ring (bicyclic) bond motifs is 1. The van der Waals surface area contributed by atoms with Crippen molar-refractivity contribution in [2.45, 2.75) is 38.6 Å². The molecule has 0 aromatic heterocycles. The van der Waals surface area contributed by atoms with Crippen LogP contribution in [0.5, 0.6) is 17.2 Å². The molecule has 1 heterocycles. The maximum atomic E-state index is 6.06. The minimum Gasteiger partial charge on any atom is -0.493 e. The van der Waals surface area contributed by atoms with Crippen molar-refractivity contribution in [3.63, 3.8) is 0 Å². The average molecular weight is 263 g/mol. The third-order valence-corrected chi connectivity index (χ3v) is 3.73. The van der Waals surface area contributed by atoms with E-state index in [2.05, 4.69) is 6.92 Å². The molecule has 2 N–H and O–H groups in total. The number of benzene rings is 1. The van der Waals surface area contributed by atoms with Crippen molar-refractivity contribution in [1.29, 1.82) is 0 Å². The van der Waals surface area contributed by atoms with Gasteiger partial charge in [-0.2, -0.15) is 0 Å². The van der Waals surface area contributed by atoms with Crippen LogP contribution < -0.4 is 19.9 Å². The molecule has 0 radical (unpaired) electrons. The average Bonchev–Trinajstić information content (AvgIpc) is 3.14. The minimum atomic E-state index is 0.156. The van der Waals surface area contributed by atoms with E-state index in [1.807, 2.05) is 12.1 Å². The first-order chi connectivity index (χ1) is 9.26. The van der Waals surface area contributed by atoms with Crippen LogP contribution in [0.2, 0.25) is 0 Å². The molecule has 1 aromatic carbocycles. The Bertz CT molecular complexity index is 457. The molecule has 4 nitrogen and oxygen atoms in total. The van der Waals surface area contributed by atoms with Crippen LogP contribution in [0, 0.1) is 5.92 Å². The third-order valence-electron chi connectivity index (χ3n) is 3.73. The van der Waals surface area contributed by atoms with Crippen LogP contribution in [0.1, 0.15) is 31.7 Å². The Labute approximate surface area is 113 Å². The van der Waals surface area contributed by atoms with E-state index in [0.29, 0.717) is 6.79 Å². The molecule has 1 unspecified atom stereocenters. The van der Waals surface area contributed by atoms with E-state index in [9.17, 15) is 0 Å². The summed E-state index contributed by atoms with van der Waals surface area (Å²) in [5, 5.41) is 0. The van der Waals surface area contributed by atoms with Crippen molar-refractivity contribution in [2.75, 3.05) is 13.4 Å². The predicted molar refractivity (Wildman–Crippen MR) is 72.8 cm³/mol. The normalized spacial score (nSPS) is 18.4. The van der Waals surface area contributed by atoms with Gasteiger partial charge in [0.1, 0.15) is 5.75 Å². The quantitative estimate of drug-likeness (QED) is 0.856. The SMILES string of the molecule is CCC(N)Cc1cc2c(cc1OCC1CC1)OCO2. The van der Waals surface area contributed by atoms with Crippen molar-refractivity contribution in [1.82, 2.24) is 0 Å².